The molecule has 0 bridgehead atoms. The Morgan fingerprint density at radius 2 is 2.13 bits per heavy atom. The van der Waals surface area contributed by atoms with Gasteiger partial charge in [0.05, 0.1) is 6.61 Å². The summed E-state index contributed by atoms with van der Waals surface area (Å²) in [6, 6.07) is 6.16. The standard InChI is InChI=1S/C16H23N3O3S/c1-12-5-6-13(2)14(11-12)22-9-10-23-16-18-17-15(20)19(16)7-4-8-21-3/h5-6,11H,4,7-10H2,1-3H3,(H,17,20). The van der Waals surface area contributed by atoms with E-state index in [0.717, 1.165) is 23.5 Å². The molecule has 0 saturated carbocycles. The molecular weight excluding hydrogens is 314 g/mol. The Balaban J connectivity index is 1.84. The summed E-state index contributed by atoms with van der Waals surface area (Å²) in [6.07, 6.45) is 0.780. The lowest BCUT2D eigenvalue weighted by molar-refractivity contribution is 0.189. The van der Waals surface area contributed by atoms with Gasteiger partial charge in [-0.25, -0.2) is 9.89 Å². The summed E-state index contributed by atoms with van der Waals surface area (Å²) in [5.74, 6) is 1.63. The predicted molar refractivity (Wildman–Crippen MR) is 91.5 cm³/mol. The molecule has 0 unspecified atom stereocenters. The number of nitrogens with zero attached hydrogens (tertiary/aromatic N) is 2. The van der Waals surface area contributed by atoms with Crippen LogP contribution in [0.15, 0.2) is 28.2 Å². The summed E-state index contributed by atoms with van der Waals surface area (Å²) in [7, 11) is 1.65. The molecule has 1 heterocycles. The fraction of sp³-hybridized carbons (Fsp3) is 0.500. The van der Waals surface area contributed by atoms with Crippen molar-refractivity contribution in [2.45, 2.75) is 32.0 Å². The third-order valence-electron chi connectivity index (χ3n) is 3.37. The molecule has 0 aliphatic heterocycles. The van der Waals surface area contributed by atoms with Crippen molar-refractivity contribution in [3.05, 3.63) is 39.8 Å². The molecule has 1 aromatic heterocycles. The lowest BCUT2D eigenvalue weighted by atomic mass is 10.1. The minimum atomic E-state index is -0.181. The number of methoxy groups -OCH3 is 1. The average molecular weight is 337 g/mol. The Hall–Kier alpha value is -1.73. The lowest BCUT2D eigenvalue weighted by Gasteiger charge is -2.10. The van der Waals surface area contributed by atoms with Crippen molar-refractivity contribution in [2.24, 2.45) is 0 Å². The van der Waals surface area contributed by atoms with Gasteiger partial charge in [-0.2, -0.15) is 0 Å². The van der Waals surface area contributed by atoms with Crippen molar-refractivity contribution < 1.29 is 9.47 Å². The van der Waals surface area contributed by atoms with Crippen LogP contribution in [0, 0.1) is 13.8 Å². The summed E-state index contributed by atoms with van der Waals surface area (Å²) >= 11 is 1.51. The van der Waals surface area contributed by atoms with Gasteiger partial charge in [-0.15, -0.1) is 5.10 Å². The molecule has 2 aromatic rings. The Labute approximate surface area is 140 Å². The van der Waals surface area contributed by atoms with E-state index in [-0.39, 0.29) is 5.69 Å². The minimum Gasteiger partial charge on any atom is -0.492 e. The van der Waals surface area contributed by atoms with E-state index in [2.05, 4.69) is 22.3 Å². The van der Waals surface area contributed by atoms with E-state index in [1.54, 1.807) is 11.7 Å². The van der Waals surface area contributed by atoms with Gasteiger partial charge in [0.2, 0.25) is 0 Å². The molecule has 126 valence electrons. The molecule has 6 nitrogen and oxygen atoms in total. The number of benzene rings is 1. The molecule has 0 radical (unpaired) electrons. The van der Waals surface area contributed by atoms with Crippen molar-refractivity contribution in [3.8, 4) is 5.75 Å². The first kappa shape index (κ1) is 17.6. The van der Waals surface area contributed by atoms with Crippen LogP contribution in [0.5, 0.6) is 5.75 Å². The van der Waals surface area contributed by atoms with Crippen LogP contribution in [-0.4, -0.2) is 40.8 Å². The number of aromatic amines is 1. The number of thioether (sulfide) groups is 1. The first-order valence-corrected chi connectivity index (χ1v) is 8.57. The number of nitrogens with one attached hydrogen (secondary N) is 1. The van der Waals surface area contributed by atoms with Crippen LogP contribution in [-0.2, 0) is 11.3 Å². The number of hydrogen-bond acceptors (Lipinski definition) is 5. The lowest BCUT2D eigenvalue weighted by Crippen LogP contribution is -2.18. The zero-order chi connectivity index (χ0) is 16.7. The largest absolute Gasteiger partial charge is 0.492 e. The van der Waals surface area contributed by atoms with Crippen molar-refractivity contribution in [2.75, 3.05) is 26.1 Å². The Bertz CT molecular complexity index is 681. The number of aromatic nitrogens is 3. The Kier molecular flexibility index (Phi) is 6.73. The average Bonchev–Trinajstić information content (AvgIpc) is 2.88. The number of aryl methyl sites for hydroxylation is 2. The van der Waals surface area contributed by atoms with Gasteiger partial charge in [-0.3, -0.25) is 4.57 Å². The summed E-state index contributed by atoms with van der Waals surface area (Å²) in [5, 5.41) is 7.25. The first-order chi connectivity index (χ1) is 11.1. The molecule has 0 amide bonds. The van der Waals surface area contributed by atoms with Crippen molar-refractivity contribution in [3.63, 3.8) is 0 Å². The Morgan fingerprint density at radius 1 is 1.30 bits per heavy atom. The summed E-state index contributed by atoms with van der Waals surface area (Å²) in [4.78, 5) is 11.7. The van der Waals surface area contributed by atoms with E-state index >= 15 is 0 Å². The molecule has 1 aromatic carbocycles. The molecule has 0 atom stereocenters. The van der Waals surface area contributed by atoms with Crippen LogP contribution >= 0.6 is 11.8 Å². The molecule has 23 heavy (non-hydrogen) atoms. The van der Waals surface area contributed by atoms with Crippen molar-refractivity contribution in [1.29, 1.82) is 0 Å². The summed E-state index contributed by atoms with van der Waals surface area (Å²) < 4.78 is 12.5. The summed E-state index contributed by atoms with van der Waals surface area (Å²) in [6.45, 7) is 5.86. The highest BCUT2D eigenvalue weighted by Gasteiger charge is 2.09. The molecule has 0 spiro atoms. The first-order valence-electron chi connectivity index (χ1n) is 7.59. The van der Waals surface area contributed by atoms with E-state index in [1.807, 2.05) is 19.9 Å². The third kappa shape index (κ3) is 5.14. The van der Waals surface area contributed by atoms with E-state index in [1.165, 1.54) is 17.3 Å². The smallest absolute Gasteiger partial charge is 0.343 e. The van der Waals surface area contributed by atoms with Gasteiger partial charge in [0.25, 0.3) is 0 Å². The van der Waals surface area contributed by atoms with E-state index in [9.17, 15) is 4.79 Å². The van der Waals surface area contributed by atoms with Gasteiger partial charge in [0, 0.05) is 26.0 Å². The van der Waals surface area contributed by atoms with Crippen LogP contribution in [0.2, 0.25) is 0 Å². The van der Waals surface area contributed by atoms with Gasteiger partial charge in [0.15, 0.2) is 5.16 Å². The van der Waals surface area contributed by atoms with E-state index in [4.69, 9.17) is 9.47 Å². The van der Waals surface area contributed by atoms with Crippen LogP contribution < -0.4 is 10.4 Å². The minimum absolute atomic E-state index is 0.181. The molecule has 0 aliphatic rings. The zero-order valence-corrected chi connectivity index (χ0v) is 14.6. The second kappa shape index (κ2) is 8.79. The molecule has 2 rings (SSSR count). The van der Waals surface area contributed by atoms with Gasteiger partial charge < -0.3 is 9.47 Å². The maximum absolute atomic E-state index is 11.7. The SMILES string of the molecule is COCCCn1c(SCCOc2cc(C)ccc2C)n[nH]c1=O. The number of ether oxygens (including phenoxy) is 2. The van der Waals surface area contributed by atoms with Crippen LogP contribution in [0.25, 0.3) is 0 Å². The number of H-pyrrole nitrogens is 1. The Morgan fingerprint density at radius 3 is 2.91 bits per heavy atom. The van der Waals surface area contributed by atoms with Crippen LogP contribution in [0.1, 0.15) is 17.5 Å². The fourth-order valence-corrected chi connectivity index (χ4v) is 2.91. The van der Waals surface area contributed by atoms with Gasteiger partial charge >= 0.3 is 5.69 Å². The maximum Gasteiger partial charge on any atom is 0.343 e. The predicted octanol–water partition coefficient (Wildman–Crippen LogP) is 2.40. The topological polar surface area (TPSA) is 69.1 Å². The zero-order valence-electron chi connectivity index (χ0n) is 13.8. The molecule has 7 heteroatoms. The monoisotopic (exact) mass is 337 g/mol. The second-order valence-electron chi connectivity index (χ2n) is 5.28. The fourth-order valence-electron chi connectivity index (χ4n) is 2.12. The van der Waals surface area contributed by atoms with Crippen LogP contribution in [0.4, 0.5) is 0 Å². The highest BCUT2D eigenvalue weighted by Crippen LogP contribution is 2.20. The highest BCUT2D eigenvalue weighted by molar-refractivity contribution is 7.99. The van der Waals surface area contributed by atoms with Gasteiger partial charge in [0.1, 0.15) is 5.75 Å². The highest BCUT2D eigenvalue weighted by atomic mass is 32.2. The molecule has 0 fully saturated rings. The normalized spacial score (nSPS) is 10.9. The van der Waals surface area contributed by atoms with Crippen molar-refractivity contribution >= 4 is 11.8 Å². The van der Waals surface area contributed by atoms with E-state index in [0.29, 0.717) is 24.9 Å². The second-order valence-corrected chi connectivity index (χ2v) is 6.34. The number of rotatable bonds is 9. The quantitative estimate of drug-likeness (QED) is 0.562. The number of hydrogen-bond donors (Lipinski definition) is 1. The van der Waals surface area contributed by atoms with E-state index < -0.39 is 0 Å². The molecule has 0 aliphatic carbocycles. The maximum atomic E-state index is 11.7. The van der Waals surface area contributed by atoms with Gasteiger partial charge in [-0.1, -0.05) is 23.9 Å². The molecule has 0 saturated heterocycles. The molecular formula is C16H23N3O3S. The van der Waals surface area contributed by atoms with Crippen molar-refractivity contribution in [1.82, 2.24) is 14.8 Å². The van der Waals surface area contributed by atoms with Gasteiger partial charge in [-0.05, 0) is 37.5 Å². The van der Waals surface area contributed by atoms with Crippen LogP contribution in [0.3, 0.4) is 0 Å². The molecule has 1 N–H and O–H groups in total. The third-order valence-corrected chi connectivity index (χ3v) is 4.31. The summed E-state index contributed by atoms with van der Waals surface area (Å²) in [5.41, 5.74) is 2.12.